The Balaban J connectivity index is 1.80. The van der Waals surface area contributed by atoms with Gasteiger partial charge in [0.1, 0.15) is 5.82 Å². The lowest BCUT2D eigenvalue weighted by Gasteiger charge is -2.33. The predicted molar refractivity (Wildman–Crippen MR) is 112 cm³/mol. The maximum Gasteiger partial charge on any atom is 0.423 e. The van der Waals surface area contributed by atoms with Gasteiger partial charge >= 0.3 is 11.8 Å². The fourth-order valence-corrected chi connectivity index (χ4v) is 4.27. The number of anilines is 1. The number of carbonyl (C=O) groups is 1. The van der Waals surface area contributed by atoms with E-state index in [0.717, 1.165) is 16.9 Å². The van der Waals surface area contributed by atoms with Gasteiger partial charge in [-0.1, -0.05) is 11.2 Å². The number of aryl methyl sites for hydroxylation is 2. The third-order valence-corrected chi connectivity index (χ3v) is 5.95. The molecule has 1 N–H and O–H groups in total. The molecule has 6 nitrogen and oxygen atoms in total. The molecule has 0 bridgehead atoms. The summed E-state index contributed by atoms with van der Waals surface area (Å²) in [5.74, 6) is -2.48. The molecule has 1 heterocycles. The number of aliphatic hydroxyl groups is 1. The molecule has 1 aliphatic rings. The summed E-state index contributed by atoms with van der Waals surface area (Å²) < 4.78 is 58.2. The van der Waals surface area contributed by atoms with Gasteiger partial charge < -0.3 is 14.5 Å². The molecule has 4 rings (SSSR count). The van der Waals surface area contributed by atoms with Crippen molar-refractivity contribution in [3.63, 3.8) is 0 Å². The number of benzene rings is 2. The molecule has 1 unspecified atom stereocenters. The zero-order valence-electron chi connectivity index (χ0n) is 17.5. The van der Waals surface area contributed by atoms with E-state index in [-0.39, 0.29) is 17.6 Å². The van der Waals surface area contributed by atoms with Gasteiger partial charge in [-0.15, -0.1) is 0 Å². The van der Waals surface area contributed by atoms with Crippen LogP contribution in [0, 0.1) is 12.7 Å². The van der Waals surface area contributed by atoms with Crippen LogP contribution in [-0.2, 0) is 11.2 Å². The van der Waals surface area contributed by atoms with Crippen molar-refractivity contribution in [2.75, 3.05) is 11.4 Å². The Labute approximate surface area is 185 Å². The fraction of sp³-hybridized carbons (Fsp3) is 0.348. The molecule has 0 saturated heterocycles. The Bertz CT molecular complexity index is 1270. The third kappa shape index (κ3) is 4.47. The summed E-state index contributed by atoms with van der Waals surface area (Å²) in [5.41, 5.74) is 1.12. The Hall–Kier alpha value is -3.27. The van der Waals surface area contributed by atoms with Crippen LogP contribution >= 0.6 is 0 Å². The highest BCUT2D eigenvalue weighted by atomic mass is 19.4. The first-order valence-corrected chi connectivity index (χ1v) is 10.3. The summed E-state index contributed by atoms with van der Waals surface area (Å²) in [4.78, 5) is 25.6. The van der Waals surface area contributed by atoms with Crippen molar-refractivity contribution in [2.24, 2.45) is 0 Å². The highest BCUT2D eigenvalue weighted by Crippen LogP contribution is 2.35. The number of halogens is 4. The number of carbonyl (C=O) groups excluding carboxylic acids is 1. The average molecular weight is 464 g/mol. The van der Waals surface area contributed by atoms with Crippen molar-refractivity contribution in [3.05, 3.63) is 69.5 Å². The van der Waals surface area contributed by atoms with Gasteiger partial charge in [-0.3, -0.25) is 4.79 Å². The lowest BCUT2D eigenvalue weighted by Crippen LogP contribution is -2.48. The van der Waals surface area contributed by atoms with Crippen LogP contribution in [0.3, 0.4) is 0 Å². The smallest absolute Gasteiger partial charge is 0.376 e. The number of aromatic nitrogens is 1. The van der Waals surface area contributed by atoms with Gasteiger partial charge in [-0.25, -0.2) is 9.18 Å². The molecule has 2 aromatic carbocycles. The first kappa shape index (κ1) is 22.9. The van der Waals surface area contributed by atoms with E-state index in [2.05, 4.69) is 9.68 Å². The van der Waals surface area contributed by atoms with Crippen LogP contribution in [-0.4, -0.2) is 35.0 Å². The maximum atomic E-state index is 13.9. The lowest BCUT2D eigenvalue weighted by molar-refractivity contribution is -0.203. The number of alkyl halides is 3. The van der Waals surface area contributed by atoms with E-state index in [1.165, 1.54) is 30.3 Å². The molecule has 1 amide bonds. The maximum absolute atomic E-state index is 13.9. The second-order valence-corrected chi connectivity index (χ2v) is 8.11. The minimum absolute atomic E-state index is 0.0508. The number of hydrogen-bond acceptors (Lipinski definition) is 5. The molecule has 0 spiro atoms. The molecule has 1 aliphatic carbocycles. The van der Waals surface area contributed by atoms with E-state index in [1.54, 1.807) is 13.0 Å². The number of aliphatic hydroxyl groups excluding tert-OH is 1. The molecule has 0 fully saturated rings. The first-order valence-electron chi connectivity index (χ1n) is 10.3. The van der Waals surface area contributed by atoms with Crippen LogP contribution in [0.25, 0.3) is 10.8 Å². The van der Waals surface area contributed by atoms with Crippen LogP contribution < -0.4 is 10.5 Å². The fourth-order valence-electron chi connectivity index (χ4n) is 4.27. The Morgan fingerprint density at radius 3 is 2.73 bits per heavy atom. The highest BCUT2D eigenvalue weighted by molar-refractivity contribution is 5.99. The number of amides is 1. The van der Waals surface area contributed by atoms with Crippen LogP contribution in [0.2, 0.25) is 0 Å². The van der Waals surface area contributed by atoms with Crippen molar-refractivity contribution in [1.29, 1.82) is 0 Å². The molecule has 10 heteroatoms. The Morgan fingerprint density at radius 1 is 1.24 bits per heavy atom. The van der Waals surface area contributed by atoms with E-state index in [1.807, 2.05) is 0 Å². The molecule has 3 aromatic rings. The minimum Gasteiger partial charge on any atom is -0.376 e. The Morgan fingerprint density at radius 2 is 2.00 bits per heavy atom. The number of nitrogens with zero attached hydrogens (tertiary/aromatic N) is 2. The standard InChI is InChI=1S/C23H20F4N2O4/c1-12-18-10-16(7-8-17(18)22(32)33-28-12)29(21(31)20(30)23(25,26)27)11-14-4-2-3-13-5-6-15(24)9-19(13)14/h5-10,14,20,30H,2-4,11H2,1H3/t14?,20-/m1/s1. The molecule has 0 aliphatic heterocycles. The predicted octanol–water partition coefficient (Wildman–Crippen LogP) is 4.01. The van der Waals surface area contributed by atoms with Crippen molar-refractivity contribution in [1.82, 2.24) is 5.16 Å². The first-order chi connectivity index (χ1) is 15.6. The second-order valence-electron chi connectivity index (χ2n) is 8.11. The van der Waals surface area contributed by atoms with E-state index in [9.17, 15) is 32.3 Å². The Kier molecular flexibility index (Phi) is 5.96. The number of fused-ring (bicyclic) bond motifs is 2. The van der Waals surface area contributed by atoms with E-state index >= 15 is 0 Å². The summed E-state index contributed by atoms with van der Waals surface area (Å²) in [6.07, 6.45) is -6.46. The van der Waals surface area contributed by atoms with Crippen molar-refractivity contribution >= 4 is 22.4 Å². The largest absolute Gasteiger partial charge is 0.423 e. The highest BCUT2D eigenvalue weighted by Gasteiger charge is 2.46. The zero-order valence-corrected chi connectivity index (χ0v) is 17.5. The summed E-state index contributed by atoms with van der Waals surface area (Å²) in [6.45, 7) is 1.34. The number of hydrogen-bond donors (Lipinski definition) is 1. The van der Waals surface area contributed by atoms with Crippen molar-refractivity contribution in [3.8, 4) is 0 Å². The van der Waals surface area contributed by atoms with Crippen LogP contribution in [0.15, 0.2) is 45.7 Å². The summed E-state index contributed by atoms with van der Waals surface area (Å²) >= 11 is 0. The topological polar surface area (TPSA) is 83.6 Å². The second kappa shape index (κ2) is 8.58. The van der Waals surface area contributed by atoms with Crippen LogP contribution in [0.4, 0.5) is 23.2 Å². The molecule has 33 heavy (non-hydrogen) atoms. The molecule has 0 saturated carbocycles. The van der Waals surface area contributed by atoms with E-state index in [4.69, 9.17) is 0 Å². The monoisotopic (exact) mass is 464 g/mol. The van der Waals surface area contributed by atoms with Gasteiger partial charge in [0, 0.05) is 23.5 Å². The minimum atomic E-state index is -5.17. The quantitative estimate of drug-likeness (QED) is 0.590. The molecule has 2 atom stereocenters. The normalized spacial score (nSPS) is 17.0. The summed E-state index contributed by atoms with van der Waals surface area (Å²) in [6, 6.07) is 8.31. The van der Waals surface area contributed by atoms with E-state index < -0.39 is 35.5 Å². The van der Waals surface area contributed by atoms with Crippen molar-refractivity contribution in [2.45, 2.75) is 44.4 Å². The van der Waals surface area contributed by atoms with E-state index in [0.29, 0.717) is 29.5 Å². The van der Waals surface area contributed by atoms with Gasteiger partial charge in [0.2, 0.25) is 6.10 Å². The third-order valence-electron chi connectivity index (χ3n) is 5.95. The summed E-state index contributed by atoms with van der Waals surface area (Å²) in [7, 11) is 0. The van der Waals surface area contributed by atoms with Crippen LogP contribution in [0.1, 0.15) is 35.6 Å². The molecule has 1 aromatic heterocycles. The molecular weight excluding hydrogens is 444 g/mol. The van der Waals surface area contributed by atoms with Gasteiger partial charge in [-0.2, -0.15) is 13.2 Å². The van der Waals surface area contributed by atoms with Gasteiger partial charge in [-0.05, 0) is 67.6 Å². The van der Waals surface area contributed by atoms with Gasteiger partial charge in [0.15, 0.2) is 0 Å². The van der Waals surface area contributed by atoms with Crippen molar-refractivity contribution < 1.29 is 32.0 Å². The van der Waals surface area contributed by atoms with Gasteiger partial charge in [0.05, 0.1) is 11.1 Å². The summed E-state index contributed by atoms with van der Waals surface area (Å²) in [5, 5.41) is 13.8. The molecular formula is C23H20F4N2O4. The average Bonchev–Trinajstić information content (AvgIpc) is 2.78. The SMILES string of the molecule is Cc1noc(=O)c2ccc(N(CC3CCCc4ccc(F)cc43)C(=O)[C@@H](O)C(F)(F)F)cc12. The zero-order chi connectivity index (χ0) is 23.9. The van der Waals surface area contributed by atoms with Crippen LogP contribution in [0.5, 0.6) is 0 Å². The lowest BCUT2D eigenvalue weighted by atomic mass is 9.82. The molecule has 0 radical (unpaired) electrons. The number of rotatable bonds is 4. The van der Waals surface area contributed by atoms with Gasteiger partial charge in [0.25, 0.3) is 5.91 Å². The molecule has 174 valence electrons.